The van der Waals surface area contributed by atoms with Gasteiger partial charge in [0, 0.05) is 62.2 Å². The molecule has 2 saturated heterocycles. The third-order valence-corrected chi connectivity index (χ3v) is 4.47. The standard InChI is InChI=1S/C15H18N6/c1-11-4-14(19-10-18-11)20-6-12-8-21(9-13(12)7-20)15-5-16-2-3-17-15/h2-5,10,12-13H,6-9H2,1H3. The molecule has 0 N–H and O–H groups in total. The van der Waals surface area contributed by atoms with Crippen LogP contribution >= 0.6 is 0 Å². The van der Waals surface area contributed by atoms with E-state index in [1.807, 2.05) is 13.1 Å². The molecule has 2 aromatic heterocycles. The first-order valence-electron chi connectivity index (χ1n) is 7.34. The molecule has 2 aromatic rings. The SMILES string of the molecule is Cc1cc(N2CC3CN(c4cnccn4)CC3C2)ncn1. The maximum atomic E-state index is 4.41. The van der Waals surface area contributed by atoms with E-state index in [4.69, 9.17) is 0 Å². The van der Waals surface area contributed by atoms with Crippen LogP contribution < -0.4 is 9.80 Å². The van der Waals surface area contributed by atoms with Gasteiger partial charge >= 0.3 is 0 Å². The zero-order valence-corrected chi connectivity index (χ0v) is 12.1. The first-order chi connectivity index (χ1) is 10.3. The molecule has 4 heterocycles. The first-order valence-corrected chi connectivity index (χ1v) is 7.34. The smallest absolute Gasteiger partial charge is 0.147 e. The molecule has 0 aromatic carbocycles. The molecule has 2 aliphatic heterocycles. The van der Waals surface area contributed by atoms with Gasteiger partial charge in [-0.1, -0.05) is 0 Å². The molecular weight excluding hydrogens is 264 g/mol. The molecule has 6 heteroatoms. The van der Waals surface area contributed by atoms with E-state index in [0.29, 0.717) is 11.8 Å². The average Bonchev–Trinajstić information content (AvgIpc) is 3.07. The lowest BCUT2D eigenvalue weighted by atomic mass is 10.0. The summed E-state index contributed by atoms with van der Waals surface area (Å²) in [7, 11) is 0. The highest BCUT2D eigenvalue weighted by Crippen LogP contribution is 2.34. The molecule has 0 radical (unpaired) electrons. The van der Waals surface area contributed by atoms with Crippen molar-refractivity contribution >= 4 is 11.6 Å². The van der Waals surface area contributed by atoms with Crippen LogP contribution in [0.1, 0.15) is 5.69 Å². The van der Waals surface area contributed by atoms with Crippen LogP contribution in [0.5, 0.6) is 0 Å². The highest BCUT2D eigenvalue weighted by atomic mass is 15.3. The molecule has 0 bridgehead atoms. The molecule has 21 heavy (non-hydrogen) atoms. The fraction of sp³-hybridized carbons (Fsp3) is 0.467. The van der Waals surface area contributed by atoms with Gasteiger partial charge in [-0.3, -0.25) is 4.98 Å². The van der Waals surface area contributed by atoms with Gasteiger partial charge in [0.25, 0.3) is 0 Å². The van der Waals surface area contributed by atoms with Crippen molar-refractivity contribution in [2.75, 3.05) is 36.0 Å². The van der Waals surface area contributed by atoms with Crippen LogP contribution in [-0.2, 0) is 0 Å². The van der Waals surface area contributed by atoms with Crippen LogP contribution in [0.2, 0.25) is 0 Å². The Bertz CT molecular complexity index is 617. The summed E-state index contributed by atoms with van der Waals surface area (Å²) in [5, 5.41) is 0. The van der Waals surface area contributed by atoms with Crippen LogP contribution in [0, 0.1) is 18.8 Å². The maximum absolute atomic E-state index is 4.41. The second-order valence-corrected chi connectivity index (χ2v) is 5.91. The molecule has 2 fully saturated rings. The van der Waals surface area contributed by atoms with Crippen LogP contribution in [0.4, 0.5) is 11.6 Å². The minimum atomic E-state index is 0.683. The number of aryl methyl sites for hydroxylation is 1. The van der Waals surface area contributed by atoms with Crippen LogP contribution in [0.15, 0.2) is 31.0 Å². The highest BCUT2D eigenvalue weighted by Gasteiger charge is 2.40. The summed E-state index contributed by atoms with van der Waals surface area (Å²) < 4.78 is 0. The van der Waals surface area contributed by atoms with Gasteiger partial charge < -0.3 is 9.80 Å². The third kappa shape index (κ3) is 2.30. The predicted octanol–water partition coefficient (Wildman–Crippen LogP) is 1.15. The minimum Gasteiger partial charge on any atom is -0.356 e. The van der Waals surface area contributed by atoms with Crippen molar-refractivity contribution in [3.8, 4) is 0 Å². The van der Waals surface area contributed by atoms with Crippen molar-refractivity contribution in [2.45, 2.75) is 6.92 Å². The van der Waals surface area contributed by atoms with Gasteiger partial charge in [-0.15, -0.1) is 0 Å². The fourth-order valence-electron chi connectivity index (χ4n) is 3.44. The van der Waals surface area contributed by atoms with E-state index in [1.165, 1.54) is 0 Å². The zero-order chi connectivity index (χ0) is 14.2. The Balaban J connectivity index is 1.46. The first kappa shape index (κ1) is 12.5. The van der Waals surface area contributed by atoms with Crippen molar-refractivity contribution < 1.29 is 0 Å². The van der Waals surface area contributed by atoms with Crippen molar-refractivity contribution in [1.29, 1.82) is 0 Å². The van der Waals surface area contributed by atoms with E-state index < -0.39 is 0 Å². The predicted molar refractivity (Wildman–Crippen MR) is 80.2 cm³/mol. The van der Waals surface area contributed by atoms with Gasteiger partial charge in [-0.05, 0) is 6.92 Å². The number of hydrogen-bond donors (Lipinski definition) is 0. The number of fused-ring (bicyclic) bond motifs is 1. The van der Waals surface area contributed by atoms with E-state index in [2.05, 4.69) is 35.8 Å². The molecule has 0 spiro atoms. The number of rotatable bonds is 2. The zero-order valence-electron chi connectivity index (χ0n) is 12.1. The fourth-order valence-corrected chi connectivity index (χ4v) is 3.44. The number of aromatic nitrogens is 4. The van der Waals surface area contributed by atoms with Gasteiger partial charge in [0.05, 0.1) is 6.20 Å². The minimum absolute atomic E-state index is 0.683. The van der Waals surface area contributed by atoms with Gasteiger partial charge in [0.1, 0.15) is 18.0 Å². The quantitative estimate of drug-likeness (QED) is 0.823. The molecule has 2 atom stereocenters. The summed E-state index contributed by atoms with van der Waals surface area (Å²) in [5.41, 5.74) is 1.03. The second-order valence-electron chi connectivity index (χ2n) is 5.91. The van der Waals surface area contributed by atoms with Crippen LogP contribution in [0.3, 0.4) is 0 Å². The second kappa shape index (κ2) is 4.95. The lowest BCUT2D eigenvalue weighted by molar-refractivity contribution is 0.533. The molecule has 0 amide bonds. The van der Waals surface area contributed by atoms with Crippen molar-refractivity contribution in [1.82, 2.24) is 19.9 Å². The normalized spacial score (nSPS) is 24.4. The summed E-state index contributed by atoms with van der Waals surface area (Å²) in [6, 6.07) is 2.07. The Morgan fingerprint density at radius 3 is 2.24 bits per heavy atom. The summed E-state index contributed by atoms with van der Waals surface area (Å²) in [6.45, 7) is 6.27. The Hall–Kier alpha value is -2.24. The van der Waals surface area contributed by atoms with Gasteiger partial charge in [-0.25, -0.2) is 15.0 Å². The van der Waals surface area contributed by atoms with E-state index in [9.17, 15) is 0 Å². The van der Waals surface area contributed by atoms with E-state index in [0.717, 1.165) is 43.5 Å². The Morgan fingerprint density at radius 1 is 0.905 bits per heavy atom. The van der Waals surface area contributed by atoms with Gasteiger partial charge in [0.2, 0.25) is 0 Å². The largest absolute Gasteiger partial charge is 0.356 e. The number of anilines is 2. The van der Waals surface area contributed by atoms with Gasteiger partial charge in [0.15, 0.2) is 0 Å². The van der Waals surface area contributed by atoms with E-state index >= 15 is 0 Å². The summed E-state index contributed by atoms with van der Waals surface area (Å²) in [6.07, 6.45) is 7.00. The number of nitrogens with zero attached hydrogens (tertiary/aromatic N) is 6. The van der Waals surface area contributed by atoms with Crippen LogP contribution in [-0.4, -0.2) is 46.1 Å². The van der Waals surface area contributed by atoms with Crippen molar-refractivity contribution in [3.05, 3.63) is 36.7 Å². The topological polar surface area (TPSA) is 58.0 Å². The maximum Gasteiger partial charge on any atom is 0.147 e. The van der Waals surface area contributed by atoms with Gasteiger partial charge in [-0.2, -0.15) is 0 Å². The Labute approximate surface area is 123 Å². The average molecular weight is 282 g/mol. The van der Waals surface area contributed by atoms with Crippen molar-refractivity contribution in [2.24, 2.45) is 11.8 Å². The Kier molecular flexibility index (Phi) is 2.94. The summed E-state index contributed by atoms with van der Waals surface area (Å²) in [4.78, 5) is 21.9. The molecule has 2 unspecified atom stereocenters. The lowest BCUT2D eigenvalue weighted by Gasteiger charge is -2.22. The number of hydrogen-bond acceptors (Lipinski definition) is 6. The molecule has 0 saturated carbocycles. The monoisotopic (exact) mass is 282 g/mol. The van der Waals surface area contributed by atoms with E-state index in [-0.39, 0.29) is 0 Å². The Morgan fingerprint density at radius 2 is 1.62 bits per heavy atom. The summed E-state index contributed by atoms with van der Waals surface area (Å²) in [5.74, 6) is 3.42. The molecule has 108 valence electrons. The molecule has 4 rings (SSSR count). The van der Waals surface area contributed by atoms with Crippen molar-refractivity contribution in [3.63, 3.8) is 0 Å². The highest BCUT2D eigenvalue weighted by molar-refractivity contribution is 5.44. The lowest BCUT2D eigenvalue weighted by Crippen LogP contribution is -2.29. The van der Waals surface area contributed by atoms with Crippen LogP contribution in [0.25, 0.3) is 0 Å². The van der Waals surface area contributed by atoms with E-state index in [1.54, 1.807) is 18.7 Å². The third-order valence-electron chi connectivity index (χ3n) is 4.47. The summed E-state index contributed by atoms with van der Waals surface area (Å²) >= 11 is 0. The molecule has 0 aliphatic carbocycles. The molecular formula is C15H18N6. The molecule has 6 nitrogen and oxygen atoms in total. The molecule has 2 aliphatic rings.